The van der Waals surface area contributed by atoms with Crippen LogP contribution in [0, 0.1) is 23.0 Å². The van der Waals surface area contributed by atoms with E-state index in [1.54, 1.807) is 12.1 Å². The standard InChI is InChI=1S/C33H30N4O6S2/c1-18-5-11-21(12-6-18)34-24(38)17-35-31-28(45-32(35)41)25(19-7-9-20(10-8-19)33(2,3)4)26-27(44-31)30(40)36(29(26)39)22-13-15-23(16-14-22)37(42)43/h5-16,25-27H,17H2,1-4H3,(H,34,38). The molecule has 1 aromatic heterocycles. The molecule has 0 saturated carbocycles. The number of carbonyl (C=O) groups excluding carboxylic acids is 3. The molecular formula is C33H30N4O6S2. The number of benzene rings is 3. The Bertz CT molecular complexity index is 1890. The van der Waals surface area contributed by atoms with Gasteiger partial charge in [-0.1, -0.05) is 85.8 Å². The van der Waals surface area contributed by atoms with Gasteiger partial charge in [-0.25, -0.2) is 4.90 Å². The van der Waals surface area contributed by atoms with Gasteiger partial charge < -0.3 is 5.32 Å². The molecule has 3 atom stereocenters. The van der Waals surface area contributed by atoms with Gasteiger partial charge in [0.1, 0.15) is 11.8 Å². The van der Waals surface area contributed by atoms with Gasteiger partial charge in [0.15, 0.2) is 0 Å². The highest BCUT2D eigenvalue weighted by molar-refractivity contribution is 8.00. The summed E-state index contributed by atoms with van der Waals surface area (Å²) in [6.45, 7) is 7.98. The number of thiazole rings is 1. The molecule has 0 bridgehead atoms. The average molecular weight is 643 g/mol. The van der Waals surface area contributed by atoms with Crippen molar-refractivity contribution < 1.29 is 19.3 Å². The summed E-state index contributed by atoms with van der Waals surface area (Å²) in [6.07, 6.45) is 0. The SMILES string of the molecule is Cc1ccc(NC(=O)Cn2c3c(sc2=O)C(c2ccc(C(C)(C)C)cc2)C2C(=O)N(c4ccc([N+](=O)[O-])cc4)C(=O)C2S3)cc1. The van der Waals surface area contributed by atoms with E-state index in [0.29, 0.717) is 15.6 Å². The summed E-state index contributed by atoms with van der Waals surface area (Å²) in [5, 5.41) is 13.6. The Morgan fingerprint density at radius 3 is 2.18 bits per heavy atom. The van der Waals surface area contributed by atoms with Crippen LogP contribution in [-0.4, -0.2) is 32.5 Å². The lowest BCUT2D eigenvalue weighted by molar-refractivity contribution is -0.384. The minimum absolute atomic E-state index is 0.112. The molecule has 0 spiro atoms. The lowest BCUT2D eigenvalue weighted by Crippen LogP contribution is -2.33. The summed E-state index contributed by atoms with van der Waals surface area (Å²) in [5.41, 5.74) is 3.49. The second-order valence-corrected chi connectivity index (χ2v) is 14.4. The Morgan fingerprint density at radius 2 is 1.58 bits per heavy atom. The zero-order valence-electron chi connectivity index (χ0n) is 25.0. The molecule has 6 rings (SSSR count). The second-order valence-electron chi connectivity index (χ2n) is 12.2. The molecule has 45 heavy (non-hydrogen) atoms. The summed E-state index contributed by atoms with van der Waals surface area (Å²) in [4.78, 5) is 66.6. The minimum Gasteiger partial charge on any atom is -0.325 e. The minimum atomic E-state index is -0.868. The first-order valence-electron chi connectivity index (χ1n) is 14.3. The van der Waals surface area contributed by atoms with Crippen LogP contribution in [0.15, 0.2) is 82.6 Å². The fourth-order valence-electron chi connectivity index (χ4n) is 5.76. The number of anilines is 2. The van der Waals surface area contributed by atoms with Gasteiger partial charge >= 0.3 is 4.87 Å². The van der Waals surface area contributed by atoms with E-state index < -0.39 is 39.7 Å². The number of nitro groups is 1. The number of aryl methyl sites for hydroxylation is 1. The van der Waals surface area contributed by atoms with E-state index in [9.17, 15) is 29.3 Å². The van der Waals surface area contributed by atoms with Crippen LogP contribution in [0.4, 0.5) is 17.1 Å². The number of hydrogen-bond donors (Lipinski definition) is 1. The van der Waals surface area contributed by atoms with E-state index >= 15 is 0 Å². The first kappa shape index (κ1) is 30.5. The number of carbonyl (C=O) groups is 3. The maximum absolute atomic E-state index is 14.1. The molecule has 10 nitrogen and oxygen atoms in total. The molecule has 3 amide bonds. The van der Waals surface area contributed by atoms with Crippen LogP contribution >= 0.6 is 23.1 Å². The van der Waals surface area contributed by atoms with Crippen molar-refractivity contribution in [3.8, 4) is 0 Å². The van der Waals surface area contributed by atoms with Gasteiger partial charge in [0, 0.05) is 28.6 Å². The third-order valence-electron chi connectivity index (χ3n) is 8.14. The molecule has 3 aromatic carbocycles. The fourth-order valence-corrected chi connectivity index (χ4v) is 8.54. The highest BCUT2D eigenvalue weighted by atomic mass is 32.2. The predicted molar refractivity (Wildman–Crippen MR) is 174 cm³/mol. The molecule has 1 N–H and O–H groups in total. The van der Waals surface area contributed by atoms with E-state index in [0.717, 1.165) is 44.7 Å². The highest BCUT2D eigenvalue weighted by Gasteiger charge is 2.56. The van der Waals surface area contributed by atoms with Gasteiger partial charge in [-0.3, -0.25) is 33.9 Å². The van der Waals surface area contributed by atoms with Crippen molar-refractivity contribution in [2.45, 2.75) is 55.8 Å². The molecule has 230 valence electrons. The molecule has 3 unspecified atom stereocenters. The molecule has 2 aliphatic heterocycles. The summed E-state index contributed by atoms with van der Waals surface area (Å²) in [6, 6.07) is 20.5. The molecule has 1 saturated heterocycles. The Kier molecular flexibility index (Phi) is 7.74. The van der Waals surface area contributed by atoms with Crippen molar-refractivity contribution in [1.82, 2.24) is 4.57 Å². The first-order chi connectivity index (χ1) is 21.3. The number of nitro benzene ring substituents is 1. The number of amides is 3. The van der Waals surface area contributed by atoms with Crippen molar-refractivity contribution >= 4 is 57.9 Å². The normalized spacial score (nSPS) is 19.3. The van der Waals surface area contributed by atoms with Crippen LogP contribution in [0.1, 0.15) is 48.3 Å². The van der Waals surface area contributed by atoms with Gasteiger partial charge in [0.25, 0.3) is 5.69 Å². The van der Waals surface area contributed by atoms with Crippen LogP contribution in [0.3, 0.4) is 0 Å². The summed E-state index contributed by atoms with van der Waals surface area (Å²) in [5.74, 6) is -2.74. The lowest BCUT2D eigenvalue weighted by atomic mass is 9.81. The number of aromatic nitrogens is 1. The lowest BCUT2D eigenvalue weighted by Gasteiger charge is -2.31. The van der Waals surface area contributed by atoms with E-state index in [4.69, 9.17) is 0 Å². The van der Waals surface area contributed by atoms with Crippen LogP contribution in [0.2, 0.25) is 0 Å². The quantitative estimate of drug-likeness (QED) is 0.158. The number of nitrogens with zero attached hydrogens (tertiary/aromatic N) is 3. The summed E-state index contributed by atoms with van der Waals surface area (Å²) < 4.78 is 1.38. The van der Waals surface area contributed by atoms with Gasteiger partial charge in [-0.15, -0.1) is 0 Å². The van der Waals surface area contributed by atoms with E-state index in [1.807, 2.05) is 43.3 Å². The van der Waals surface area contributed by atoms with Crippen LogP contribution < -0.4 is 15.1 Å². The molecule has 1 fully saturated rings. The number of nitrogens with one attached hydrogen (secondary N) is 1. The third kappa shape index (κ3) is 5.59. The first-order valence-corrected chi connectivity index (χ1v) is 16.0. The Hall–Kier alpha value is -4.55. The molecule has 0 radical (unpaired) electrons. The van der Waals surface area contributed by atoms with Gasteiger partial charge in [0.2, 0.25) is 17.7 Å². The topological polar surface area (TPSA) is 132 Å². The third-order valence-corrected chi connectivity index (χ3v) is 10.7. The van der Waals surface area contributed by atoms with Crippen molar-refractivity contribution in [3.05, 3.63) is 114 Å². The average Bonchev–Trinajstić information content (AvgIpc) is 3.44. The fraction of sp³-hybridized carbons (Fsp3) is 0.273. The molecule has 0 aliphatic carbocycles. The number of rotatable bonds is 6. The van der Waals surface area contributed by atoms with E-state index in [-0.39, 0.29) is 28.2 Å². The number of hydrogen-bond acceptors (Lipinski definition) is 8. The summed E-state index contributed by atoms with van der Waals surface area (Å²) >= 11 is 2.11. The van der Waals surface area contributed by atoms with Crippen molar-refractivity contribution in [3.63, 3.8) is 0 Å². The maximum Gasteiger partial charge on any atom is 0.308 e. The van der Waals surface area contributed by atoms with Crippen molar-refractivity contribution in [1.29, 1.82) is 0 Å². The number of non-ortho nitro benzene ring substituents is 1. The van der Waals surface area contributed by atoms with E-state index in [1.165, 1.54) is 28.8 Å². The number of thioether (sulfide) groups is 1. The Balaban J connectivity index is 1.41. The number of fused-ring (bicyclic) bond motifs is 2. The van der Waals surface area contributed by atoms with Crippen LogP contribution in [0.25, 0.3) is 0 Å². The maximum atomic E-state index is 14.1. The monoisotopic (exact) mass is 642 g/mol. The highest BCUT2D eigenvalue weighted by Crippen LogP contribution is 2.54. The molecule has 12 heteroatoms. The second kappa shape index (κ2) is 11.4. The zero-order chi connectivity index (χ0) is 32.2. The Morgan fingerprint density at radius 1 is 0.933 bits per heavy atom. The van der Waals surface area contributed by atoms with Gasteiger partial charge in [-0.05, 0) is 47.7 Å². The van der Waals surface area contributed by atoms with Crippen LogP contribution in [0.5, 0.6) is 0 Å². The molecule has 4 aromatic rings. The molecule has 3 heterocycles. The number of imide groups is 1. The predicted octanol–water partition coefficient (Wildman–Crippen LogP) is 5.86. The van der Waals surface area contributed by atoms with Crippen molar-refractivity contribution in [2.24, 2.45) is 5.92 Å². The summed E-state index contributed by atoms with van der Waals surface area (Å²) in [7, 11) is 0. The molecular weight excluding hydrogens is 613 g/mol. The van der Waals surface area contributed by atoms with Gasteiger partial charge in [-0.2, -0.15) is 0 Å². The largest absolute Gasteiger partial charge is 0.325 e. The smallest absolute Gasteiger partial charge is 0.308 e. The van der Waals surface area contributed by atoms with Gasteiger partial charge in [0.05, 0.1) is 21.6 Å². The van der Waals surface area contributed by atoms with E-state index in [2.05, 4.69) is 26.1 Å². The van der Waals surface area contributed by atoms with Crippen LogP contribution in [-0.2, 0) is 26.3 Å². The zero-order valence-corrected chi connectivity index (χ0v) is 26.6. The van der Waals surface area contributed by atoms with Crippen molar-refractivity contribution in [2.75, 3.05) is 10.2 Å². The Labute approximate surface area is 267 Å². The molecule has 2 aliphatic rings.